The Kier molecular flexibility index (Phi) is 5.28. The molecule has 0 radical (unpaired) electrons. The third-order valence-electron chi connectivity index (χ3n) is 3.46. The van der Waals surface area contributed by atoms with E-state index in [1.54, 1.807) is 12.1 Å². The molecule has 5 heteroatoms. The fourth-order valence-electron chi connectivity index (χ4n) is 2.32. The summed E-state index contributed by atoms with van der Waals surface area (Å²) in [6.45, 7) is 1.59. The largest absolute Gasteiger partial charge is 0.339 e. The molecule has 2 nitrogen and oxygen atoms in total. The molecule has 2 rings (SSSR count). The van der Waals surface area contributed by atoms with E-state index in [2.05, 4.69) is 22.2 Å². The van der Waals surface area contributed by atoms with Crippen LogP contribution < -0.4 is 0 Å². The van der Waals surface area contributed by atoms with Gasteiger partial charge in [-0.1, -0.05) is 0 Å². The highest BCUT2D eigenvalue weighted by atomic mass is 79.9. The smallest absolute Gasteiger partial charge is 0.253 e. The molecule has 1 aromatic rings. The summed E-state index contributed by atoms with van der Waals surface area (Å²) in [6.07, 6.45) is 5.37. The second-order valence-corrected chi connectivity index (χ2v) is 6.70. The summed E-state index contributed by atoms with van der Waals surface area (Å²) < 4.78 is 13.5. The van der Waals surface area contributed by atoms with Crippen LogP contribution in [-0.4, -0.2) is 35.4 Å². The van der Waals surface area contributed by atoms with E-state index in [1.165, 1.54) is 6.07 Å². The van der Waals surface area contributed by atoms with Crippen LogP contribution in [-0.2, 0) is 0 Å². The van der Waals surface area contributed by atoms with Gasteiger partial charge in [0.2, 0.25) is 0 Å². The third-order valence-corrected chi connectivity index (χ3v) is 5.21. The first-order valence-electron chi connectivity index (χ1n) is 6.39. The second-order valence-electron chi connectivity index (χ2n) is 4.71. The third kappa shape index (κ3) is 3.72. The Balaban J connectivity index is 2.08. The highest BCUT2D eigenvalue weighted by Crippen LogP contribution is 2.23. The van der Waals surface area contributed by atoms with E-state index in [4.69, 9.17) is 0 Å². The van der Waals surface area contributed by atoms with Gasteiger partial charge in [0.25, 0.3) is 5.91 Å². The SMILES string of the molecule is CSC1CCCN(C(=O)c2ccc(F)c(Br)c2)CC1. The molecule has 19 heavy (non-hydrogen) atoms. The maximum atomic E-state index is 13.2. The first kappa shape index (κ1) is 14.9. The van der Waals surface area contributed by atoms with E-state index in [-0.39, 0.29) is 11.7 Å². The molecular weight excluding hydrogens is 329 g/mol. The zero-order valence-corrected chi connectivity index (χ0v) is 13.3. The molecule has 1 aliphatic rings. The first-order chi connectivity index (χ1) is 9.11. The van der Waals surface area contributed by atoms with Gasteiger partial charge in [-0.2, -0.15) is 11.8 Å². The summed E-state index contributed by atoms with van der Waals surface area (Å²) in [5, 5.41) is 0.651. The van der Waals surface area contributed by atoms with Crippen LogP contribution in [0.1, 0.15) is 29.6 Å². The number of nitrogens with zero attached hydrogens (tertiary/aromatic N) is 1. The number of hydrogen-bond donors (Lipinski definition) is 0. The van der Waals surface area contributed by atoms with Crippen molar-refractivity contribution in [1.82, 2.24) is 4.90 Å². The van der Waals surface area contributed by atoms with Crippen molar-refractivity contribution in [2.45, 2.75) is 24.5 Å². The number of rotatable bonds is 2. The van der Waals surface area contributed by atoms with Crippen molar-refractivity contribution in [3.8, 4) is 0 Å². The summed E-state index contributed by atoms with van der Waals surface area (Å²) in [4.78, 5) is 14.3. The number of halogens is 2. The van der Waals surface area contributed by atoms with Crippen LogP contribution in [0.15, 0.2) is 22.7 Å². The average Bonchev–Trinajstić information content (AvgIpc) is 2.66. The van der Waals surface area contributed by atoms with Crippen molar-refractivity contribution in [2.24, 2.45) is 0 Å². The van der Waals surface area contributed by atoms with Gasteiger partial charge in [-0.3, -0.25) is 4.79 Å². The zero-order chi connectivity index (χ0) is 13.8. The van der Waals surface area contributed by atoms with Crippen LogP contribution in [0.4, 0.5) is 4.39 Å². The van der Waals surface area contributed by atoms with Gasteiger partial charge in [0.1, 0.15) is 5.82 Å². The van der Waals surface area contributed by atoms with E-state index in [0.717, 1.165) is 32.4 Å². The van der Waals surface area contributed by atoms with Gasteiger partial charge in [0.05, 0.1) is 4.47 Å². The predicted octanol–water partition coefficient (Wildman–Crippen LogP) is 3.95. The lowest BCUT2D eigenvalue weighted by Gasteiger charge is -2.20. The molecule has 1 aromatic carbocycles. The van der Waals surface area contributed by atoms with E-state index < -0.39 is 0 Å². The Morgan fingerprint density at radius 3 is 2.89 bits per heavy atom. The Morgan fingerprint density at radius 1 is 1.42 bits per heavy atom. The summed E-state index contributed by atoms with van der Waals surface area (Å²) in [7, 11) is 0. The van der Waals surface area contributed by atoms with Crippen LogP contribution in [0.5, 0.6) is 0 Å². The molecule has 1 heterocycles. The topological polar surface area (TPSA) is 20.3 Å². The lowest BCUT2D eigenvalue weighted by atomic mass is 10.2. The van der Waals surface area contributed by atoms with Gasteiger partial charge in [0.15, 0.2) is 0 Å². The van der Waals surface area contributed by atoms with Crippen molar-refractivity contribution in [3.05, 3.63) is 34.1 Å². The van der Waals surface area contributed by atoms with Crippen molar-refractivity contribution in [3.63, 3.8) is 0 Å². The van der Waals surface area contributed by atoms with Crippen LogP contribution in [0.25, 0.3) is 0 Å². The molecule has 104 valence electrons. The van der Waals surface area contributed by atoms with E-state index >= 15 is 0 Å². The normalized spacial score (nSPS) is 20.2. The van der Waals surface area contributed by atoms with Gasteiger partial charge in [-0.25, -0.2) is 4.39 Å². The van der Waals surface area contributed by atoms with Crippen molar-refractivity contribution in [2.75, 3.05) is 19.3 Å². The Morgan fingerprint density at radius 2 is 2.21 bits per heavy atom. The molecule has 1 aliphatic heterocycles. The molecular formula is C14H17BrFNOS. The lowest BCUT2D eigenvalue weighted by Crippen LogP contribution is -2.32. The first-order valence-corrected chi connectivity index (χ1v) is 8.47. The number of carbonyl (C=O) groups is 1. The highest BCUT2D eigenvalue weighted by Gasteiger charge is 2.21. The minimum absolute atomic E-state index is 0.00227. The molecule has 0 bridgehead atoms. The number of benzene rings is 1. The molecule has 1 atom stereocenters. The van der Waals surface area contributed by atoms with Crippen LogP contribution in [0, 0.1) is 5.82 Å². The minimum atomic E-state index is -0.338. The summed E-state index contributed by atoms with van der Waals surface area (Å²) >= 11 is 5.00. The second kappa shape index (κ2) is 6.75. The molecule has 1 unspecified atom stereocenters. The molecule has 1 amide bonds. The molecule has 0 saturated carbocycles. The predicted molar refractivity (Wildman–Crippen MR) is 81.2 cm³/mol. The fourth-order valence-corrected chi connectivity index (χ4v) is 3.44. The van der Waals surface area contributed by atoms with Gasteiger partial charge < -0.3 is 4.90 Å². The summed E-state index contributed by atoms with van der Waals surface area (Å²) in [6, 6.07) is 4.45. The standard InChI is InChI=1S/C14H17BrFNOS/c1-19-11-3-2-7-17(8-6-11)14(18)10-4-5-13(16)12(15)9-10/h4-5,9,11H,2-3,6-8H2,1H3. The Labute approximate surface area is 125 Å². The number of likely N-dealkylation sites (tertiary alicyclic amines) is 1. The van der Waals surface area contributed by atoms with Crippen LogP contribution in [0.2, 0.25) is 0 Å². The van der Waals surface area contributed by atoms with E-state index in [9.17, 15) is 9.18 Å². The lowest BCUT2D eigenvalue weighted by molar-refractivity contribution is 0.0761. The van der Waals surface area contributed by atoms with Crippen LogP contribution >= 0.6 is 27.7 Å². The monoisotopic (exact) mass is 345 g/mol. The van der Waals surface area contributed by atoms with Crippen molar-refractivity contribution in [1.29, 1.82) is 0 Å². The van der Waals surface area contributed by atoms with E-state index in [0.29, 0.717) is 15.3 Å². The number of amides is 1. The maximum Gasteiger partial charge on any atom is 0.253 e. The number of hydrogen-bond acceptors (Lipinski definition) is 2. The van der Waals surface area contributed by atoms with Gasteiger partial charge in [0, 0.05) is 23.9 Å². The minimum Gasteiger partial charge on any atom is -0.339 e. The molecule has 1 fully saturated rings. The van der Waals surface area contributed by atoms with Gasteiger partial charge in [-0.15, -0.1) is 0 Å². The molecule has 0 aromatic heterocycles. The van der Waals surface area contributed by atoms with Crippen LogP contribution in [0.3, 0.4) is 0 Å². The molecule has 0 spiro atoms. The van der Waals surface area contributed by atoms with Gasteiger partial charge in [-0.05, 0) is 59.6 Å². The highest BCUT2D eigenvalue weighted by molar-refractivity contribution is 9.10. The maximum absolute atomic E-state index is 13.2. The number of carbonyl (C=O) groups excluding carboxylic acids is 1. The molecule has 0 aliphatic carbocycles. The zero-order valence-electron chi connectivity index (χ0n) is 10.9. The average molecular weight is 346 g/mol. The van der Waals surface area contributed by atoms with Crippen molar-refractivity contribution >= 4 is 33.6 Å². The van der Waals surface area contributed by atoms with E-state index in [1.807, 2.05) is 16.7 Å². The van der Waals surface area contributed by atoms with Crippen molar-refractivity contribution < 1.29 is 9.18 Å². The summed E-state index contributed by atoms with van der Waals surface area (Å²) in [5.74, 6) is -0.336. The Hall–Kier alpha value is -0.550. The molecule has 1 saturated heterocycles. The van der Waals surface area contributed by atoms with Gasteiger partial charge >= 0.3 is 0 Å². The Bertz CT molecular complexity index is 469. The molecule has 0 N–H and O–H groups in total. The fraction of sp³-hybridized carbons (Fsp3) is 0.500. The number of thioether (sulfide) groups is 1. The summed E-state index contributed by atoms with van der Waals surface area (Å²) in [5.41, 5.74) is 0.552. The quantitative estimate of drug-likeness (QED) is 0.808.